The largest absolute Gasteiger partial charge is 0.352 e. The molecule has 0 aliphatic rings. The van der Waals surface area contributed by atoms with Gasteiger partial charge >= 0.3 is 0 Å². The van der Waals surface area contributed by atoms with E-state index < -0.39 is 11.6 Å². The maximum Gasteiger partial charge on any atom is 0.267 e. The Bertz CT molecular complexity index is 1160. The lowest BCUT2D eigenvalue weighted by atomic mass is 10.3. The van der Waals surface area contributed by atoms with Gasteiger partial charge in [-0.2, -0.15) is 5.10 Å². The highest BCUT2D eigenvalue weighted by Crippen LogP contribution is 2.09. The second kappa shape index (κ2) is 8.21. The van der Waals surface area contributed by atoms with Crippen LogP contribution in [-0.4, -0.2) is 41.6 Å². The van der Waals surface area contributed by atoms with E-state index in [1.807, 2.05) is 19.9 Å². The molecule has 10 heteroatoms. The highest BCUT2D eigenvalue weighted by molar-refractivity contribution is 5.79. The number of hydrogen-bond acceptors (Lipinski definition) is 6. The van der Waals surface area contributed by atoms with Crippen LogP contribution in [0.5, 0.6) is 0 Å². The van der Waals surface area contributed by atoms with Gasteiger partial charge in [-0.05, 0) is 39.8 Å². The summed E-state index contributed by atoms with van der Waals surface area (Å²) in [5.41, 5.74) is 1.68. The van der Waals surface area contributed by atoms with Gasteiger partial charge < -0.3 is 5.32 Å². The van der Waals surface area contributed by atoms with Crippen molar-refractivity contribution in [2.45, 2.75) is 40.3 Å². The molecule has 0 saturated carbocycles. The van der Waals surface area contributed by atoms with Crippen LogP contribution in [0.4, 0.5) is 0 Å². The third kappa shape index (κ3) is 4.31. The zero-order valence-corrected chi connectivity index (χ0v) is 16.8. The highest BCUT2D eigenvalue weighted by atomic mass is 16.2. The van der Waals surface area contributed by atoms with Gasteiger partial charge in [0.2, 0.25) is 5.91 Å². The molecule has 0 bridgehead atoms. The van der Waals surface area contributed by atoms with Crippen LogP contribution in [-0.2, 0) is 11.3 Å². The summed E-state index contributed by atoms with van der Waals surface area (Å²) < 4.78 is 4.17. The molecule has 0 spiro atoms. The van der Waals surface area contributed by atoms with Gasteiger partial charge in [-0.15, -0.1) is 5.10 Å². The Morgan fingerprint density at radius 2 is 1.93 bits per heavy atom. The van der Waals surface area contributed by atoms with Crippen molar-refractivity contribution in [3.05, 3.63) is 68.4 Å². The molecule has 152 valence electrons. The number of nitrogens with zero attached hydrogens (tertiary/aromatic N) is 6. The molecule has 1 N–H and O–H groups in total. The van der Waals surface area contributed by atoms with Gasteiger partial charge in [0.05, 0.1) is 12.0 Å². The first-order valence-corrected chi connectivity index (χ1v) is 9.20. The first-order valence-electron chi connectivity index (χ1n) is 9.20. The second-order valence-corrected chi connectivity index (χ2v) is 6.86. The van der Waals surface area contributed by atoms with Crippen molar-refractivity contribution >= 4 is 5.91 Å². The zero-order chi connectivity index (χ0) is 21.1. The SMILES string of the molecule is Cc1cc(C)n(-c2ccc(=O)n(C(C)C(=O)NCCn3cncc(C)c3=O)n2)n1. The Morgan fingerprint density at radius 1 is 1.17 bits per heavy atom. The predicted molar refractivity (Wildman–Crippen MR) is 106 cm³/mol. The van der Waals surface area contributed by atoms with Crippen LogP contribution in [0.1, 0.15) is 29.9 Å². The van der Waals surface area contributed by atoms with Gasteiger partial charge in [0.1, 0.15) is 6.04 Å². The average Bonchev–Trinajstić information content (AvgIpc) is 3.03. The summed E-state index contributed by atoms with van der Waals surface area (Å²) in [7, 11) is 0. The van der Waals surface area contributed by atoms with Gasteiger partial charge in [0.25, 0.3) is 11.1 Å². The topological polar surface area (TPSA) is 117 Å². The molecule has 0 aliphatic carbocycles. The predicted octanol–water partition coefficient (Wildman–Crippen LogP) is 0.288. The van der Waals surface area contributed by atoms with Crippen LogP contribution in [0, 0.1) is 20.8 Å². The van der Waals surface area contributed by atoms with E-state index in [0.29, 0.717) is 11.4 Å². The summed E-state index contributed by atoms with van der Waals surface area (Å²) in [4.78, 5) is 40.7. The number of amides is 1. The normalized spacial score (nSPS) is 12.0. The molecular formula is C19H23N7O3. The molecule has 0 saturated heterocycles. The number of carbonyl (C=O) groups excluding carboxylic acids is 1. The molecule has 10 nitrogen and oxygen atoms in total. The van der Waals surface area contributed by atoms with Crippen LogP contribution in [0.2, 0.25) is 0 Å². The monoisotopic (exact) mass is 397 g/mol. The van der Waals surface area contributed by atoms with E-state index in [1.54, 1.807) is 24.6 Å². The molecule has 0 fully saturated rings. The number of carbonyl (C=O) groups is 1. The minimum Gasteiger partial charge on any atom is -0.352 e. The minimum absolute atomic E-state index is 0.155. The van der Waals surface area contributed by atoms with Crippen molar-refractivity contribution in [1.29, 1.82) is 0 Å². The van der Waals surface area contributed by atoms with E-state index in [-0.39, 0.29) is 24.6 Å². The van der Waals surface area contributed by atoms with E-state index in [4.69, 9.17) is 0 Å². The van der Waals surface area contributed by atoms with Gasteiger partial charge in [0.15, 0.2) is 5.82 Å². The lowest BCUT2D eigenvalue weighted by molar-refractivity contribution is -0.124. The van der Waals surface area contributed by atoms with E-state index in [9.17, 15) is 14.4 Å². The number of hydrogen-bond donors (Lipinski definition) is 1. The highest BCUT2D eigenvalue weighted by Gasteiger charge is 2.18. The van der Waals surface area contributed by atoms with Crippen molar-refractivity contribution < 1.29 is 4.79 Å². The van der Waals surface area contributed by atoms with Crippen molar-refractivity contribution in [3.63, 3.8) is 0 Å². The summed E-state index contributed by atoms with van der Waals surface area (Å²) in [6.45, 7) is 7.52. The van der Waals surface area contributed by atoms with Gasteiger partial charge in [0, 0.05) is 36.6 Å². The lowest BCUT2D eigenvalue weighted by Gasteiger charge is -2.15. The van der Waals surface area contributed by atoms with Crippen LogP contribution < -0.4 is 16.4 Å². The molecule has 3 aromatic rings. The van der Waals surface area contributed by atoms with Gasteiger partial charge in [-0.1, -0.05) is 0 Å². The molecule has 1 unspecified atom stereocenters. The van der Waals surface area contributed by atoms with Crippen LogP contribution >= 0.6 is 0 Å². The van der Waals surface area contributed by atoms with Crippen molar-refractivity contribution in [3.8, 4) is 5.82 Å². The smallest absolute Gasteiger partial charge is 0.267 e. The van der Waals surface area contributed by atoms with E-state index in [2.05, 4.69) is 20.5 Å². The van der Waals surface area contributed by atoms with Crippen LogP contribution in [0.25, 0.3) is 5.82 Å². The number of rotatable bonds is 6. The fourth-order valence-corrected chi connectivity index (χ4v) is 2.94. The average molecular weight is 397 g/mol. The summed E-state index contributed by atoms with van der Waals surface area (Å²) in [6, 6.07) is 4.00. The Balaban J connectivity index is 1.73. The number of aromatic nitrogens is 6. The maximum absolute atomic E-state index is 12.5. The fraction of sp³-hybridized carbons (Fsp3) is 0.368. The molecule has 0 aromatic carbocycles. The van der Waals surface area contributed by atoms with Crippen molar-refractivity contribution in [1.82, 2.24) is 34.4 Å². The van der Waals surface area contributed by atoms with E-state index >= 15 is 0 Å². The second-order valence-electron chi connectivity index (χ2n) is 6.86. The molecule has 1 atom stereocenters. The minimum atomic E-state index is -0.827. The molecule has 3 aromatic heterocycles. The van der Waals surface area contributed by atoms with E-state index in [0.717, 1.165) is 16.1 Å². The molecule has 3 rings (SSSR count). The molecule has 3 heterocycles. The Hall–Kier alpha value is -3.56. The molecule has 29 heavy (non-hydrogen) atoms. The molecule has 1 amide bonds. The fourth-order valence-electron chi connectivity index (χ4n) is 2.94. The summed E-state index contributed by atoms with van der Waals surface area (Å²) >= 11 is 0. The first kappa shape index (κ1) is 20.2. The van der Waals surface area contributed by atoms with Crippen molar-refractivity contribution in [2.75, 3.05) is 6.54 Å². The van der Waals surface area contributed by atoms with Gasteiger partial charge in [-0.25, -0.2) is 14.3 Å². The first-order chi connectivity index (χ1) is 13.8. The summed E-state index contributed by atoms with van der Waals surface area (Å²) in [6.07, 6.45) is 2.92. The third-order valence-corrected chi connectivity index (χ3v) is 4.51. The summed E-state index contributed by atoms with van der Waals surface area (Å²) in [5.74, 6) is 0.0750. The van der Waals surface area contributed by atoms with E-state index in [1.165, 1.54) is 23.2 Å². The quantitative estimate of drug-likeness (QED) is 0.639. The van der Waals surface area contributed by atoms with Crippen molar-refractivity contribution in [2.24, 2.45) is 0 Å². The van der Waals surface area contributed by atoms with Gasteiger partial charge in [-0.3, -0.25) is 19.0 Å². The summed E-state index contributed by atoms with van der Waals surface area (Å²) in [5, 5.41) is 11.4. The zero-order valence-electron chi connectivity index (χ0n) is 16.8. The Kier molecular flexibility index (Phi) is 5.71. The lowest BCUT2D eigenvalue weighted by Crippen LogP contribution is -2.39. The maximum atomic E-state index is 12.5. The number of nitrogens with one attached hydrogen (secondary N) is 1. The molecule has 0 aliphatic heterocycles. The third-order valence-electron chi connectivity index (χ3n) is 4.51. The van der Waals surface area contributed by atoms with Crippen LogP contribution in [0.3, 0.4) is 0 Å². The van der Waals surface area contributed by atoms with Crippen LogP contribution in [0.15, 0.2) is 40.3 Å². The molecular weight excluding hydrogens is 374 g/mol. The Morgan fingerprint density at radius 3 is 2.62 bits per heavy atom. The number of aryl methyl sites for hydroxylation is 3. The standard InChI is InChI=1S/C19H23N7O3/c1-12-10-20-11-24(19(12)29)8-7-21-18(28)15(4)26-17(27)6-5-16(23-26)25-14(3)9-13(2)22-25/h5-6,9-11,15H,7-8H2,1-4H3,(H,21,28). The Labute approximate surface area is 166 Å². The molecule has 0 radical (unpaired) electrons.